The molecule has 0 saturated heterocycles. The van der Waals surface area contributed by atoms with Crippen LogP contribution in [0.25, 0.3) is 0 Å². The highest BCUT2D eigenvalue weighted by Crippen LogP contribution is 2.32. The minimum absolute atomic E-state index is 0.684. The average Bonchev–Trinajstić information content (AvgIpc) is 2.99. The standard InChI is InChI=1S/C14H21N/c1-10-5-4-6-11(2)14(10)9-15-12(3)13-7-8-13/h4-6,12-13,15H,7-9H2,1-3H3. The Morgan fingerprint density at radius 3 is 2.40 bits per heavy atom. The summed E-state index contributed by atoms with van der Waals surface area (Å²) in [6, 6.07) is 7.22. The molecule has 1 aliphatic carbocycles. The third kappa shape index (κ3) is 2.60. The molecule has 0 aliphatic heterocycles. The maximum Gasteiger partial charge on any atom is 0.0213 e. The molecular weight excluding hydrogens is 182 g/mol. The summed E-state index contributed by atoms with van der Waals surface area (Å²) < 4.78 is 0. The third-order valence-corrected chi connectivity index (χ3v) is 3.57. The van der Waals surface area contributed by atoms with Crippen molar-refractivity contribution < 1.29 is 0 Å². The molecular formula is C14H21N. The van der Waals surface area contributed by atoms with Crippen molar-refractivity contribution >= 4 is 0 Å². The lowest BCUT2D eigenvalue weighted by Crippen LogP contribution is -2.27. The Morgan fingerprint density at radius 1 is 1.27 bits per heavy atom. The van der Waals surface area contributed by atoms with Gasteiger partial charge in [-0.15, -0.1) is 0 Å². The zero-order chi connectivity index (χ0) is 10.8. The van der Waals surface area contributed by atoms with Crippen LogP contribution in [0.2, 0.25) is 0 Å². The number of rotatable bonds is 4. The smallest absolute Gasteiger partial charge is 0.0213 e. The molecule has 0 heterocycles. The molecule has 0 radical (unpaired) electrons. The molecule has 1 heteroatoms. The van der Waals surface area contributed by atoms with E-state index < -0.39 is 0 Å². The Bertz CT molecular complexity index is 319. The quantitative estimate of drug-likeness (QED) is 0.792. The second-order valence-corrected chi connectivity index (χ2v) is 4.88. The van der Waals surface area contributed by atoms with Crippen LogP contribution < -0.4 is 5.32 Å². The predicted molar refractivity (Wildman–Crippen MR) is 64.9 cm³/mol. The summed E-state index contributed by atoms with van der Waals surface area (Å²) in [5, 5.41) is 3.64. The van der Waals surface area contributed by atoms with E-state index >= 15 is 0 Å². The maximum absolute atomic E-state index is 3.64. The molecule has 1 saturated carbocycles. The molecule has 0 spiro atoms. The topological polar surface area (TPSA) is 12.0 Å². The van der Waals surface area contributed by atoms with Gasteiger partial charge in [0.2, 0.25) is 0 Å². The van der Waals surface area contributed by atoms with Crippen molar-refractivity contribution in [3.8, 4) is 0 Å². The first-order valence-corrected chi connectivity index (χ1v) is 5.97. The van der Waals surface area contributed by atoms with Gasteiger partial charge in [0.15, 0.2) is 0 Å². The summed E-state index contributed by atoms with van der Waals surface area (Å²) in [6.07, 6.45) is 2.84. The van der Waals surface area contributed by atoms with Crippen LogP contribution >= 0.6 is 0 Å². The molecule has 1 nitrogen and oxygen atoms in total. The van der Waals surface area contributed by atoms with Gasteiger partial charge < -0.3 is 5.32 Å². The van der Waals surface area contributed by atoms with Crippen molar-refractivity contribution in [2.45, 2.75) is 46.2 Å². The van der Waals surface area contributed by atoms with Gasteiger partial charge in [0.1, 0.15) is 0 Å². The number of aryl methyl sites for hydroxylation is 2. The zero-order valence-corrected chi connectivity index (χ0v) is 10.0. The van der Waals surface area contributed by atoms with Gasteiger partial charge in [-0.05, 0) is 56.2 Å². The molecule has 0 amide bonds. The van der Waals surface area contributed by atoms with Gasteiger partial charge in [-0.25, -0.2) is 0 Å². The Morgan fingerprint density at radius 2 is 1.87 bits per heavy atom. The molecule has 1 aromatic rings. The second kappa shape index (κ2) is 4.36. The molecule has 2 rings (SSSR count). The first-order valence-electron chi connectivity index (χ1n) is 5.97. The second-order valence-electron chi connectivity index (χ2n) is 4.88. The van der Waals surface area contributed by atoms with E-state index in [4.69, 9.17) is 0 Å². The first kappa shape index (κ1) is 10.7. The highest BCUT2D eigenvalue weighted by molar-refractivity contribution is 5.33. The summed E-state index contributed by atoms with van der Waals surface area (Å²) >= 11 is 0. The van der Waals surface area contributed by atoms with Crippen LogP contribution in [0.15, 0.2) is 18.2 Å². The summed E-state index contributed by atoms with van der Waals surface area (Å²) in [4.78, 5) is 0. The molecule has 0 aromatic heterocycles. The third-order valence-electron chi connectivity index (χ3n) is 3.57. The highest BCUT2D eigenvalue weighted by atomic mass is 14.9. The van der Waals surface area contributed by atoms with Crippen molar-refractivity contribution in [1.29, 1.82) is 0 Å². The fraction of sp³-hybridized carbons (Fsp3) is 0.571. The van der Waals surface area contributed by atoms with Gasteiger partial charge in [-0.1, -0.05) is 18.2 Å². The van der Waals surface area contributed by atoms with E-state index in [-0.39, 0.29) is 0 Å². The van der Waals surface area contributed by atoms with E-state index in [1.54, 1.807) is 0 Å². The van der Waals surface area contributed by atoms with Crippen LogP contribution in [0.3, 0.4) is 0 Å². The Labute approximate surface area is 92.9 Å². The summed E-state index contributed by atoms with van der Waals surface area (Å²) in [7, 11) is 0. The summed E-state index contributed by atoms with van der Waals surface area (Å²) in [6.45, 7) is 7.74. The van der Waals surface area contributed by atoms with Gasteiger partial charge in [0.05, 0.1) is 0 Å². The molecule has 1 aliphatic rings. The SMILES string of the molecule is Cc1cccc(C)c1CNC(C)C1CC1. The lowest BCUT2D eigenvalue weighted by molar-refractivity contribution is 0.495. The van der Waals surface area contributed by atoms with E-state index in [2.05, 4.69) is 44.3 Å². The van der Waals surface area contributed by atoms with Crippen LogP contribution in [-0.4, -0.2) is 6.04 Å². The van der Waals surface area contributed by atoms with Crippen molar-refractivity contribution in [2.24, 2.45) is 5.92 Å². The normalized spacial score (nSPS) is 17.8. The number of benzene rings is 1. The molecule has 0 bridgehead atoms. The predicted octanol–water partition coefficient (Wildman–Crippen LogP) is 3.19. The van der Waals surface area contributed by atoms with E-state index in [9.17, 15) is 0 Å². The van der Waals surface area contributed by atoms with Crippen LogP contribution in [0.1, 0.15) is 36.5 Å². The monoisotopic (exact) mass is 203 g/mol. The zero-order valence-electron chi connectivity index (χ0n) is 10.0. The fourth-order valence-electron chi connectivity index (χ4n) is 2.15. The van der Waals surface area contributed by atoms with Crippen molar-refractivity contribution in [3.05, 3.63) is 34.9 Å². The molecule has 1 atom stereocenters. The average molecular weight is 203 g/mol. The molecule has 82 valence electrons. The number of nitrogens with one attached hydrogen (secondary N) is 1. The van der Waals surface area contributed by atoms with Crippen LogP contribution in [0.4, 0.5) is 0 Å². The van der Waals surface area contributed by atoms with Crippen molar-refractivity contribution in [1.82, 2.24) is 5.32 Å². The van der Waals surface area contributed by atoms with E-state index in [0.717, 1.165) is 12.5 Å². The molecule has 15 heavy (non-hydrogen) atoms. The van der Waals surface area contributed by atoms with Gasteiger partial charge in [0, 0.05) is 12.6 Å². The van der Waals surface area contributed by atoms with Gasteiger partial charge >= 0.3 is 0 Å². The van der Waals surface area contributed by atoms with Gasteiger partial charge in [-0.2, -0.15) is 0 Å². The van der Waals surface area contributed by atoms with Crippen molar-refractivity contribution in [3.63, 3.8) is 0 Å². The Balaban J connectivity index is 1.97. The Kier molecular flexibility index (Phi) is 3.11. The van der Waals surface area contributed by atoms with Crippen molar-refractivity contribution in [2.75, 3.05) is 0 Å². The number of hydrogen-bond donors (Lipinski definition) is 1. The molecule has 1 aromatic carbocycles. The van der Waals surface area contributed by atoms with Crippen LogP contribution in [0.5, 0.6) is 0 Å². The van der Waals surface area contributed by atoms with Gasteiger partial charge in [-0.3, -0.25) is 0 Å². The van der Waals surface area contributed by atoms with Crippen LogP contribution in [0, 0.1) is 19.8 Å². The molecule has 1 fully saturated rings. The molecule has 1 unspecified atom stereocenters. The van der Waals surface area contributed by atoms with Gasteiger partial charge in [0.25, 0.3) is 0 Å². The summed E-state index contributed by atoms with van der Waals surface area (Å²) in [5.74, 6) is 0.939. The van der Waals surface area contributed by atoms with E-state index in [1.165, 1.54) is 29.5 Å². The fourth-order valence-corrected chi connectivity index (χ4v) is 2.15. The maximum atomic E-state index is 3.64. The van der Waals surface area contributed by atoms with E-state index in [1.807, 2.05) is 0 Å². The lowest BCUT2D eigenvalue weighted by atomic mass is 10.0. The van der Waals surface area contributed by atoms with E-state index in [0.29, 0.717) is 6.04 Å². The minimum Gasteiger partial charge on any atom is -0.310 e. The molecule has 1 N–H and O–H groups in total. The number of hydrogen-bond acceptors (Lipinski definition) is 1. The largest absolute Gasteiger partial charge is 0.310 e. The first-order chi connectivity index (χ1) is 7.18. The Hall–Kier alpha value is -0.820. The summed E-state index contributed by atoms with van der Waals surface area (Å²) in [5.41, 5.74) is 4.29. The minimum atomic E-state index is 0.684. The van der Waals surface area contributed by atoms with Crippen LogP contribution in [-0.2, 0) is 6.54 Å². The lowest BCUT2D eigenvalue weighted by Gasteiger charge is -2.15. The highest BCUT2D eigenvalue weighted by Gasteiger charge is 2.27.